The highest BCUT2D eigenvalue weighted by Crippen LogP contribution is 2.13. The minimum absolute atomic E-state index is 0.00767. The zero-order valence-corrected chi connectivity index (χ0v) is 8.87. The van der Waals surface area contributed by atoms with Crippen molar-refractivity contribution >= 4 is 10.0 Å². The smallest absolute Gasteiger partial charge is 0.244 e. The maximum atomic E-state index is 11.8. The van der Waals surface area contributed by atoms with Gasteiger partial charge in [-0.15, -0.1) is 0 Å². The zero-order valence-electron chi connectivity index (χ0n) is 8.05. The summed E-state index contributed by atoms with van der Waals surface area (Å²) in [6, 6.07) is 8.29. The molecule has 0 saturated carbocycles. The van der Waals surface area contributed by atoms with Crippen molar-refractivity contribution in [3.05, 3.63) is 30.3 Å². The van der Waals surface area contributed by atoms with E-state index >= 15 is 0 Å². The first-order valence-corrected chi connectivity index (χ1v) is 5.82. The lowest BCUT2D eigenvalue weighted by Crippen LogP contribution is -2.35. The van der Waals surface area contributed by atoms with E-state index in [9.17, 15) is 8.42 Å². The minimum Gasteiger partial charge on any atom is -0.317 e. The molecule has 0 fully saturated rings. The Morgan fingerprint density at radius 1 is 1.29 bits per heavy atom. The summed E-state index contributed by atoms with van der Waals surface area (Å²) in [7, 11) is -3.39. The van der Waals surface area contributed by atoms with Gasteiger partial charge in [-0.1, -0.05) is 25.1 Å². The highest BCUT2D eigenvalue weighted by atomic mass is 32.2. The molecule has 0 aliphatic rings. The van der Waals surface area contributed by atoms with Crippen LogP contribution in [0.4, 0.5) is 0 Å². The van der Waals surface area contributed by atoms with Gasteiger partial charge in [-0.25, -0.2) is 8.42 Å². The van der Waals surface area contributed by atoms with E-state index in [0.29, 0.717) is 6.54 Å². The fraction of sp³-hybridized carbons (Fsp3) is 0.333. The molecular formula is C9H14N2O2S. The molecule has 0 bridgehead atoms. The lowest BCUT2D eigenvalue weighted by molar-refractivity contribution is 0.438. The molecule has 0 atom stereocenters. The second-order valence-corrected chi connectivity index (χ2v) is 4.71. The van der Waals surface area contributed by atoms with Gasteiger partial charge in [0, 0.05) is 6.54 Å². The van der Waals surface area contributed by atoms with Crippen LogP contribution in [0.25, 0.3) is 0 Å². The summed E-state index contributed by atoms with van der Waals surface area (Å²) in [6.07, 6.45) is 0. The molecular weight excluding hydrogens is 200 g/mol. The molecule has 2 N–H and O–H groups in total. The van der Waals surface area contributed by atoms with E-state index in [0.717, 1.165) is 0 Å². The summed E-state index contributed by atoms with van der Waals surface area (Å²) in [5.41, 5.74) is 5.35. The van der Waals surface area contributed by atoms with Crippen molar-refractivity contribution in [2.45, 2.75) is 11.8 Å². The van der Waals surface area contributed by atoms with Gasteiger partial charge in [0.2, 0.25) is 10.0 Å². The van der Waals surface area contributed by atoms with Crippen LogP contribution >= 0.6 is 0 Å². The Kier molecular flexibility index (Phi) is 3.62. The molecule has 0 aromatic heterocycles. The van der Waals surface area contributed by atoms with Gasteiger partial charge in [0.05, 0.1) is 11.6 Å². The van der Waals surface area contributed by atoms with Crippen LogP contribution in [0.3, 0.4) is 0 Å². The number of benzene rings is 1. The van der Waals surface area contributed by atoms with E-state index < -0.39 is 10.0 Å². The normalized spacial score (nSPS) is 11.9. The number of nitrogens with two attached hydrogens (primary N) is 1. The van der Waals surface area contributed by atoms with Gasteiger partial charge in [0.15, 0.2) is 0 Å². The van der Waals surface area contributed by atoms with Crippen molar-refractivity contribution in [2.75, 3.05) is 13.2 Å². The average molecular weight is 214 g/mol. The summed E-state index contributed by atoms with van der Waals surface area (Å²) in [4.78, 5) is 0.285. The highest BCUT2D eigenvalue weighted by Gasteiger charge is 2.20. The lowest BCUT2D eigenvalue weighted by atomic mass is 10.4. The molecule has 1 aromatic carbocycles. The molecule has 0 unspecified atom stereocenters. The van der Waals surface area contributed by atoms with Crippen molar-refractivity contribution in [1.29, 1.82) is 0 Å². The second-order valence-electron chi connectivity index (χ2n) is 2.77. The summed E-state index contributed by atoms with van der Waals surface area (Å²) < 4.78 is 24.9. The summed E-state index contributed by atoms with van der Waals surface area (Å²) in [6.45, 7) is 2.15. The van der Waals surface area contributed by atoms with E-state index in [4.69, 9.17) is 5.73 Å². The third kappa shape index (κ3) is 2.12. The van der Waals surface area contributed by atoms with Gasteiger partial charge in [0.25, 0.3) is 0 Å². The maximum absolute atomic E-state index is 11.8. The molecule has 78 valence electrons. The lowest BCUT2D eigenvalue weighted by Gasteiger charge is -2.17. The molecule has 0 aliphatic heterocycles. The van der Waals surface area contributed by atoms with Crippen molar-refractivity contribution in [1.82, 2.24) is 4.31 Å². The first-order chi connectivity index (χ1) is 6.62. The first-order valence-electron chi connectivity index (χ1n) is 4.38. The van der Waals surface area contributed by atoms with Crippen molar-refractivity contribution in [2.24, 2.45) is 5.73 Å². The molecule has 4 nitrogen and oxygen atoms in total. The first kappa shape index (κ1) is 11.2. The van der Waals surface area contributed by atoms with Crippen LogP contribution in [0, 0.1) is 0 Å². The fourth-order valence-electron chi connectivity index (χ4n) is 1.14. The Hall–Kier alpha value is -0.910. The fourth-order valence-corrected chi connectivity index (χ4v) is 2.47. The van der Waals surface area contributed by atoms with E-state index in [1.54, 1.807) is 37.3 Å². The Balaban J connectivity index is 3.08. The van der Waals surface area contributed by atoms with Crippen molar-refractivity contribution < 1.29 is 8.42 Å². The standard InChI is InChI=1S/C9H14N2O2S/c1-2-11(8-10)14(12,13)9-6-4-3-5-7-9/h3-7H,2,8,10H2,1H3. The predicted octanol–water partition coefficient (Wildman–Crippen LogP) is 0.613. The van der Waals surface area contributed by atoms with Crippen LogP contribution < -0.4 is 5.73 Å². The molecule has 14 heavy (non-hydrogen) atoms. The molecule has 0 saturated heterocycles. The average Bonchev–Trinajstić information content (AvgIpc) is 2.20. The number of hydrogen-bond donors (Lipinski definition) is 1. The Bertz CT molecular complexity index is 371. The third-order valence-corrected chi connectivity index (χ3v) is 3.89. The van der Waals surface area contributed by atoms with Gasteiger partial charge >= 0.3 is 0 Å². The number of nitrogens with zero attached hydrogens (tertiary/aromatic N) is 1. The quantitative estimate of drug-likeness (QED) is 0.747. The van der Waals surface area contributed by atoms with Gasteiger partial charge in [0.1, 0.15) is 0 Å². The summed E-state index contributed by atoms with van der Waals surface area (Å²) in [5.74, 6) is 0. The molecule has 1 aromatic rings. The van der Waals surface area contributed by atoms with Gasteiger partial charge in [-0.3, -0.25) is 0 Å². The molecule has 0 aliphatic carbocycles. The van der Waals surface area contributed by atoms with Crippen LogP contribution in [0.1, 0.15) is 6.92 Å². The Labute approximate surface area is 84.4 Å². The molecule has 5 heteroatoms. The molecule has 0 heterocycles. The van der Waals surface area contributed by atoms with E-state index in [1.807, 2.05) is 0 Å². The van der Waals surface area contributed by atoms with Crippen molar-refractivity contribution in [3.63, 3.8) is 0 Å². The Morgan fingerprint density at radius 3 is 2.29 bits per heavy atom. The molecule has 0 amide bonds. The summed E-state index contributed by atoms with van der Waals surface area (Å²) >= 11 is 0. The van der Waals surface area contributed by atoms with E-state index in [2.05, 4.69) is 0 Å². The van der Waals surface area contributed by atoms with Gasteiger partial charge < -0.3 is 5.73 Å². The maximum Gasteiger partial charge on any atom is 0.244 e. The largest absolute Gasteiger partial charge is 0.317 e. The van der Waals surface area contributed by atoms with Gasteiger partial charge in [-0.05, 0) is 12.1 Å². The molecule has 0 spiro atoms. The number of sulfonamides is 1. The SMILES string of the molecule is CCN(CN)S(=O)(=O)c1ccccc1. The van der Waals surface area contributed by atoms with E-state index in [-0.39, 0.29) is 11.6 Å². The van der Waals surface area contributed by atoms with Crippen LogP contribution in [0.5, 0.6) is 0 Å². The third-order valence-electron chi connectivity index (χ3n) is 1.94. The number of rotatable bonds is 4. The Morgan fingerprint density at radius 2 is 1.86 bits per heavy atom. The highest BCUT2D eigenvalue weighted by molar-refractivity contribution is 7.89. The van der Waals surface area contributed by atoms with Crippen LogP contribution in [0.15, 0.2) is 35.2 Å². The monoisotopic (exact) mass is 214 g/mol. The second kappa shape index (κ2) is 4.54. The predicted molar refractivity (Wildman–Crippen MR) is 55.1 cm³/mol. The van der Waals surface area contributed by atoms with Gasteiger partial charge in [-0.2, -0.15) is 4.31 Å². The van der Waals surface area contributed by atoms with Crippen molar-refractivity contribution in [3.8, 4) is 0 Å². The minimum atomic E-state index is -3.39. The zero-order chi connectivity index (χ0) is 10.6. The summed E-state index contributed by atoms with van der Waals surface area (Å²) in [5, 5.41) is 0. The molecule has 0 radical (unpaired) electrons. The topological polar surface area (TPSA) is 63.4 Å². The molecule has 1 rings (SSSR count). The van der Waals surface area contributed by atoms with Crippen LogP contribution in [-0.2, 0) is 10.0 Å². The number of hydrogen-bond acceptors (Lipinski definition) is 3. The van der Waals surface area contributed by atoms with Crippen LogP contribution in [0.2, 0.25) is 0 Å². The van der Waals surface area contributed by atoms with Crippen LogP contribution in [-0.4, -0.2) is 25.9 Å². The van der Waals surface area contributed by atoms with E-state index in [1.165, 1.54) is 4.31 Å².